The normalized spacial score (nSPS) is 22.6. The fourth-order valence-electron chi connectivity index (χ4n) is 3.06. The van der Waals surface area contributed by atoms with Gasteiger partial charge in [0.15, 0.2) is 0 Å². The molecule has 1 aromatic rings. The van der Waals surface area contributed by atoms with Gasteiger partial charge in [0.25, 0.3) is 0 Å². The molecule has 1 saturated carbocycles. The van der Waals surface area contributed by atoms with Crippen molar-refractivity contribution in [3.05, 3.63) is 29.6 Å². The molecule has 114 valence electrons. The Morgan fingerprint density at radius 1 is 1.29 bits per heavy atom. The molecule has 1 atom stereocenters. The largest absolute Gasteiger partial charge is 0.353 e. The van der Waals surface area contributed by atoms with Crippen molar-refractivity contribution in [1.82, 2.24) is 15.6 Å². The van der Waals surface area contributed by atoms with Gasteiger partial charge in [-0.2, -0.15) is 0 Å². The number of aryl methyl sites for hydroxylation is 1. The Morgan fingerprint density at radius 2 is 2.19 bits per heavy atom. The zero-order valence-electron chi connectivity index (χ0n) is 12.6. The number of carbonyl (C=O) groups is 1. The number of nitrogens with one attached hydrogen (secondary N) is 2. The molecular formula is C17H25N3O. The first kappa shape index (κ1) is 14.5. The maximum absolute atomic E-state index is 11.9. The minimum atomic E-state index is 0.172. The van der Waals surface area contributed by atoms with Crippen LogP contribution in [0.5, 0.6) is 0 Å². The van der Waals surface area contributed by atoms with Crippen LogP contribution < -0.4 is 10.6 Å². The van der Waals surface area contributed by atoms with Crippen molar-refractivity contribution in [3.8, 4) is 0 Å². The zero-order valence-corrected chi connectivity index (χ0v) is 12.6. The maximum Gasteiger partial charge on any atom is 0.220 e. The van der Waals surface area contributed by atoms with Crippen LogP contribution in [0, 0.1) is 0 Å². The van der Waals surface area contributed by atoms with Crippen LogP contribution in [0.2, 0.25) is 0 Å². The summed E-state index contributed by atoms with van der Waals surface area (Å²) in [6.45, 7) is 2.15. The van der Waals surface area contributed by atoms with Gasteiger partial charge >= 0.3 is 0 Å². The summed E-state index contributed by atoms with van der Waals surface area (Å²) in [5, 5.41) is 6.52. The third-order valence-electron chi connectivity index (χ3n) is 4.62. The Balaban J connectivity index is 1.51. The first-order valence-corrected chi connectivity index (χ1v) is 8.27. The van der Waals surface area contributed by atoms with Gasteiger partial charge in [0.1, 0.15) is 0 Å². The molecule has 0 aromatic carbocycles. The van der Waals surface area contributed by atoms with Gasteiger partial charge in [-0.05, 0) is 57.2 Å². The quantitative estimate of drug-likeness (QED) is 0.872. The lowest BCUT2D eigenvalue weighted by Gasteiger charge is -2.26. The van der Waals surface area contributed by atoms with E-state index in [4.69, 9.17) is 4.98 Å². The van der Waals surface area contributed by atoms with E-state index in [1.807, 2.05) is 6.07 Å². The van der Waals surface area contributed by atoms with Crippen LogP contribution in [0.4, 0.5) is 0 Å². The van der Waals surface area contributed by atoms with E-state index >= 15 is 0 Å². The lowest BCUT2D eigenvalue weighted by atomic mass is 9.93. The van der Waals surface area contributed by atoms with Gasteiger partial charge in [0, 0.05) is 36.3 Å². The molecule has 0 spiro atoms. The molecule has 1 aromatic heterocycles. The number of pyridine rings is 1. The molecule has 1 amide bonds. The SMILES string of the molecule is O=C(CCc1cccc(C2CCCNC2)n1)NC1CCC1. The average molecular weight is 287 g/mol. The topological polar surface area (TPSA) is 54.0 Å². The maximum atomic E-state index is 11.9. The second kappa shape index (κ2) is 7.03. The van der Waals surface area contributed by atoms with Gasteiger partial charge in [-0.3, -0.25) is 9.78 Å². The molecular weight excluding hydrogens is 262 g/mol. The Kier molecular flexibility index (Phi) is 4.86. The lowest BCUT2D eigenvalue weighted by Crippen LogP contribution is -2.39. The van der Waals surface area contributed by atoms with E-state index in [1.165, 1.54) is 25.0 Å². The van der Waals surface area contributed by atoms with Crippen LogP contribution in [0.3, 0.4) is 0 Å². The fourth-order valence-corrected chi connectivity index (χ4v) is 3.06. The molecule has 4 nitrogen and oxygen atoms in total. The molecule has 2 heterocycles. The summed E-state index contributed by atoms with van der Waals surface area (Å²) in [6.07, 6.45) is 7.28. The molecule has 1 saturated heterocycles. The van der Waals surface area contributed by atoms with Crippen molar-refractivity contribution in [2.75, 3.05) is 13.1 Å². The summed E-state index contributed by atoms with van der Waals surface area (Å²) in [7, 11) is 0. The van der Waals surface area contributed by atoms with Crippen molar-refractivity contribution in [3.63, 3.8) is 0 Å². The number of hydrogen-bond donors (Lipinski definition) is 2. The molecule has 1 aliphatic heterocycles. The van der Waals surface area contributed by atoms with Crippen molar-refractivity contribution in [2.24, 2.45) is 0 Å². The summed E-state index contributed by atoms with van der Waals surface area (Å²) in [5.41, 5.74) is 2.22. The predicted molar refractivity (Wildman–Crippen MR) is 83.2 cm³/mol. The van der Waals surface area contributed by atoms with E-state index < -0.39 is 0 Å². The molecule has 0 bridgehead atoms. The van der Waals surface area contributed by atoms with Gasteiger partial charge in [-0.1, -0.05) is 6.07 Å². The number of amides is 1. The second-order valence-corrected chi connectivity index (χ2v) is 6.29. The number of aromatic nitrogens is 1. The Labute approximate surface area is 126 Å². The third-order valence-corrected chi connectivity index (χ3v) is 4.62. The minimum absolute atomic E-state index is 0.172. The Morgan fingerprint density at radius 3 is 2.90 bits per heavy atom. The highest BCUT2D eigenvalue weighted by Crippen LogP contribution is 2.22. The summed E-state index contributed by atoms with van der Waals surface area (Å²) in [4.78, 5) is 16.6. The van der Waals surface area contributed by atoms with Crippen molar-refractivity contribution in [2.45, 2.75) is 56.9 Å². The summed E-state index contributed by atoms with van der Waals surface area (Å²) < 4.78 is 0. The van der Waals surface area contributed by atoms with E-state index in [-0.39, 0.29) is 5.91 Å². The summed E-state index contributed by atoms with van der Waals surface area (Å²) in [5.74, 6) is 0.703. The van der Waals surface area contributed by atoms with Crippen LogP contribution in [0.25, 0.3) is 0 Å². The molecule has 21 heavy (non-hydrogen) atoms. The number of piperidine rings is 1. The first-order valence-electron chi connectivity index (χ1n) is 8.27. The molecule has 2 aliphatic rings. The van der Waals surface area contributed by atoms with Crippen LogP contribution in [0.1, 0.15) is 55.8 Å². The average Bonchev–Trinajstić information content (AvgIpc) is 2.50. The van der Waals surface area contributed by atoms with Gasteiger partial charge in [0.2, 0.25) is 5.91 Å². The molecule has 2 fully saturated rings. The minimum Gasteiger partial charge on any atom is -0.353 e. The monoisotopic (exact) mass is 287 g/mol. The molecule has 1 unspecified atom stereocenters. The van der Waals surface area contributed by atoms with Crippen molar-refractivity contribution in [1.29, 1.82) is 0 Å². The predicted octanol–water partition coefficient (Wildman–Crippen LogP) is 2.15. The molecule has 0 radical (unpaired) electrons. The molecule has 4 heteroatoms. The van der Waals surface area contributed by atoms with Crippen molar-refractivity contribution >= 4 is 5.91 Å². The van der Waals surface area contributed by atoms with Crippen LogP contribution in [-0.4, -0.2) is 30.0 Å². The lowest BCUT2D eigenvalue weighted by molar-refractivity contribution is -0.122. The van der Waals surface area contributed by atoms with Crippen molar-refractivity contribution < 1.29 is 4.79 Å². The van der Waals surface area contributed by atoms with E-state index in [0.717, 1.165) is 38.0 Å². The highest BCUT2D eigenvalue weighted by Gasteiger charge is 2.19. The van der Waals surface area contributed by atoms with E-state index in [0.29, 0.717) is 18.4 Å². The van der Waals surface area contributed by atoms with E-state index in [9.17, 15) is 4.79 Å². The smallest absolute Gasteiger partial charge is 0.220 e. The number of hydrogen-bond acceptors (Lipinski definition) is 3. The van der Waals surface area contributed by atoms with E-state index in [2.05, 4.69) is 22.8 Å². The third kappa shape index (κ3) is 4.03. The van der Waals surface area contributed by atoms with Crippen LogP contribution >= 0.6 is 0 Å². The van der Waals surface area contributed by atoms with Crippen LogP contribution in [-0.2, 0) is 11.2 Å². The van der Waals surface area contributed by atoms with Gasteiger partial charge in [-0.15, -0.1) is 0 Å². The first-order chi connectivity index (χ1) is 10.3. The number of carbonyl (C=O) groups excluding carboxylic acids is 1. The Bertz CT molecular complexity index is 479. The second-order valence-electron chi connectivity index (χ2n) is 6.29. The fraction of sp³-hybridized carbons (Fsp3) is 0.647. The molecule has 3 rings (SSSR count). The highest BCUT2D eigenvalue weighted by atomic mass is 16.1. The summed E-state index contributed by atoms with van der Waals surface area (Å²) in [6, 6.07) is 6.67. The number of rotatable bonds is 5. The number of nitrogens with zero attached hydrogens (tertiary/aromatic N) is 1. The van der Waals surface area contributed by atoms with E-state index in [1.54, 1.807) is 0 Å². The highest BCUT2D eigenvalue weighted by molar-refractivity contribution is 5.76. The summed E-state index contributed by atoms with van der Waals surface area (Å²) >= 11 is 0. The zero-order chi connectivity index (χ0) is 14.5. The van der Waals surface area contributed by atoms with Crippen LogP contribution in [0.15, 0.2) is 18.2 Å². The van der Waals surface area contributed by atoms with Gasteiger partial charge in [0.05, 0.1) is 0 Å². The van der Waals surface area contributed by atoms with Gasteiger partial charge in [-0.25, -0.2) is 0 Å². The standard InChI is InChI=1S/C17H25N3O/c21-17(20-14-5-1-6-14)10-9-15-7-2-8-16(19-15)13-4-3-11-18-12-13/h2,7-8,13-14,18H,1,3-6,9-12H2,(H,20,21). The van der Waals surface area contributed by atoms with Gasteiger partial charge < -0.3 is 10.6 Å². The Hall–Kier alpha value is -1.42. The molecule has 2 N–H and O–H groups in total. The molecule has 1 aliphatic carbocycles.